The average Bonchev–Trinajstić information content (AvgIpc) is 3.09. The van der Waals surface area contributed by atoms with E-state index in [1.807, 2.05) is 41.5 Å². The molecule has 0 atom stereocenters. The standard InChI is InChI=1S/C42H66N4O8/c1-41(2,3)53-39(51)45(31-21-27-43-37(49)33-23-15-17-25-35(33)47)29-19-13-11-9-7-8-10-12-14-20-30-46(40(52)54-42(4,5)6)32-22-28-44-38(50)34-24-16-18-26-36(34)48/h15-18,23-26,47-48H,7-14,19-22,27-32H2,1-6H3,(H,43,49)(H,44,50). The second-order valence-electron chi connectivity index (χ2n) is 15.7. The Hall–Kier alpha value is -4.48. The highest BCUT2D eigenvalue weighted by Gasteiger charge is 2.23. The molecule has 2 aromatic carbocycles. The minimum Gasteiger partial charge on any atom is -0.507 e. The molecule has 0 aliphatic carbocycles. The van der Waals surface area contributed by atoms with E-state index in [0.29, 0.717) is 52.1 Å². The monoisotopic (exact) mass is 754 g/mol. The van der Waals surface area contributed by atoms with Crippen LogP contribution in [-0.2, 0) is 9.47 Å². The van der Waals surface area contributed by atoms with Crippen LogP contribution in [0.15, 0.2) is 48.5 Å². The van der Waals surface area contributed by atoms with Crippen LogP contribution < -0.4 is 10.6 Å². The van der Waals surface area contributed by atoms with Crippen molar-refractivity contribution in [3.63, 3.8) is 0 Å². The molecule has 4 N–H and O–H groups in total. The summed E-state index contributed by atoms with van der Waals surface area (Å²) in [6, 6.07) is 12.8. The SMILES string of the molecule is CC(C)(C)OC(=O)N(CCCCCCCCCCCCN(CCCNC(=O)c1ccccc1O)C(=O)OC(C)(C)C)CCCNC(=O)c1ccccc1O. The summed E-state index contributed by atoms with van der Waals surface area (Å²) in [7, 11) is 0. The zero-order valence-electron chi connectivity index (χ0n) is 33.6. The highest BCUT2D eigenvalue weighted by Crippen LogP contribution is 2.18. The zero-order chi connectivity index (χ0) is 40.0. The number of nitrogens with zero attached hydrogens (tertiary/aromatic N) is 2. The molecule has 0 aliphatic heterocycles. The van der Waals surface area contributed by atoms with E-state index in [4.69, 9.17) is 9.47 Å². The van der Waals surface area contributed by atoms with Crippen molar-refractivity contribution in [1.29, 1.82) is 0 Å². The predicted molar refractivity (Wildman–Crippen MR) is 212 cm³/mol. The molecular weight excluding hydrogens is 688 g/mol. The van der Waals surface area contributed by atoms with Gasteiger partial charge in [0.05, 0.1) is 11.1 Å². The highest BCUT2D eigenvalue weighted by molar-refractivity contribution is 5.97. The summed E-state index contributed by atoms with van der Waals surface area (Å²) in [5.41, 5.74) is -0.739. The van der Waals surface area contributed by atoms with Crippen molar-refractivity contribution in [2.24, 2.45) is 0 Å². The summed E-state index contributed by atoms with van der Waals surface area (Å²) in [4.78, 5) is 53.9. The molecule has 2 aromatic rings. The van der Waals surface area contributed by atoms with E-state index in [0.717, 1.165) is 64.2 Å². The van der Waals surface area contributed by atoms with Gasteiger partial charge in [-0.05, 0) is 91.5 Å². The third kappa shape index (κ3) is 19.6. The number of hydrogen-bond acceptors (Lipinski definition) is 8. The highest BCUT2D eigenvalue weighted by atomic mass is 16.6. The summed E-state index contributed by atoms with van der Waals surface area (Å²) in [5.74, 6) is -0.822. The van der Waals surface area contributed by atoms with Crippen molar-refractivity contribution < 1.29 is 38.9 Å². The Morgan fingerprint density at radius 1 is 0.500 bits per heavy atom. The van der Waals surface area contributed by atoms with Crippen molar-refractivity contribution in [3.05, 3.63) is 59.7 Å². The average molecular weight is 755 g/mol. The third-order valence-electron chi connectivity index (χ3n) is 8.49. The maximum atomic E-state index is 12.9. The lowest BCUT2D eigenvalue weighted by Gasteiger charge is -2.27. The first-order chi connectivity index (χ1) is 25.6. The van der Waals surface area contributed by atoms with Crippen LogP contribution in [-0.4, -0.2) is 94.5 Å². The largest absolute Gasteiger partial charge is 0.507 e. The summed E-state index contributed by atoms with van der Waals surface area (Å²) >= 11 is 0. The van der Waals surface area contributed by atoms with Crippen molar-refractivity contribution in [2.75, 3.05) is 39.3 Å². The number of carbonyl (C=O) groups excluding carboxylic acids is 4. The smallest absolute Gasteiger partial charge is 0.410 e. The first kappa shape index (κ1) is 45.7. The van der Waals surface area contributed by atoms with E-state index in [1.165, 1.54) is 12.1 Å². The van der Waals surface area contributed by atoms with Gasteiger partial charge in [0.25, 0.3) is 11.8 Å². The number of carbonyl (C=O) groups is 4. The Bertz CT molecular complexity index is 1330. The third-order valence-corrected chi connectivity index (χ3v) is 8.49. The predicted octanol–water partition coefficient (Wildman–Crippen LogP) is 8.41. The fraction of sp³-hybridized carbons (Fsp3) is 0.619. The second kappa shape index (κ2) is 24.0. The number of para-hydroxylation sites is 2. The van der Waals surface area contributed by atoms with Crippen LogP contribution in [0, 0.1) is 0 Å². The van der Waals surface area contributed by atoms with Gasteiger partial charge in [0, 0.05) is 39.3 Å². The molecule has 302 valence electrons. The molecule has 0 heterocycles. The molecule has 0 saturated carbocycles. The molecule has 0 aliphatic rings. The van der Waals surface area contributed by atoms with Gasteiger partial charge in [-0.3, -0.25) is 9.59 Å². The minimum atomic E-state index is -0.595. The van der Waals surface area contributed by atoms with Gasteiger partial charge < -0.3 is 40.1 Å². The van der Waals surface area contributed by atoms with Crippen LogP contribution in [0.5, 0.6) is 11.5 Å². The lowest BCUT2D eigenvalue weighted by atomic mass is 10.1. The number of benzene rings is 2. The van der Waals surface area contributed by atoms with Crippen molar-refractivity contribution >= 4 is 24.0 Å². The van der Waals surface area contributed by atoms with Gasteiger partial charge in [0.15, 0.2) is 0 Å². The van der Waals surface area contributed by atoms with Gasteiger partial charge in [-0.25, -0.2) is 9.59 Å². The summed E-state index contributed by atoms with van der Waals surface area (Å²) < 4.78 is 11.2. The van der Waals surface area contributed by atoms with Crippen LogP contribution >= 0.6 is 0 Å². The normalized spacial score (nSPS) is 11.4. The van der Waals surface area contributed by atoms with E-state index < -0.39 is 11.2 Å². The Morgan fingerprint density at radius 3 is 1.11 bits per heavy atom. The number of phenolic OH excluding ortho intramolecular Hbond substituents is 2. The van der Waals surface area contributed by atoms with E-state index in [9.17, 15) is 29.4 Å². The van der Waals surface area contributed by atoms with Crippen LogP contribution in [0.2, 0.25) is 0 Å². The Morgan fingerprint density at radius 2 is 0.796 bits per heavy atom. The molecule has 0 fully saturated rings. The molecule has 2 rings (SSSR count). The Kier molecular flexibility index (Phi) is 20.3. The van der Waals surface area contributed by atoms with Gasteiger partial charge in [-0.15, -0.1) is 0 Å². The molecule has 0 unspecified atom stereocenters. The number of hydrogen-bond donors (Lipinski definition) is 4. The molecule has 12 nitrogen and oxygen atoms in total. The molecular formula is C42H66N4O8. The molecule has 4 amide bonds. The van der Waals surface area contributed by atoms with Crippen LogP contribution in [0.4, 0.5) is 9.59 Å². The first-order valence-corrected chi connectivity index (χ1v) is 19.7. The minimum absolute atomic E-state index is 0.0642. The number of phenols is 2. The van der Waals surface area contributed by atoms with Crippen molar-refractivity contribution in [1.82, 2.24) is 20.4 Å². The summed E-state index contributed by atoms with van der Waals surface area (Å²) in [6.45, 7) is 14.0. The molecule has 12 heteroatoms. The maximum Gasteiger partial charge on any atom is 0.410 e. The van der Waals surface area contributed by atoms with Gasteiger partial charge in [-0.2, -0.15) is 0 Å². The molecule has 0 aromatic heterocycles. The van der Waals surface area contributed by atoms with Crippen LogP contribution in [0.25, 0.3) is 0 Å². The lowest BCUT2D eigenvalue weighted by Crippen LogP contribution is -2.39. The van der Waals surface area contributed by atoms with Crippen LogP contribution in [0.3, 0.4) is 0 Å². The Balaban J connectivity index is 1.62. The maximum absolute atomic E-state index is 12.9. The van der Waals surface area contributed by atoms with Gasteiger partial charge in [0.2, 0.25) is 0 Å². The van der Waals surface area contributed by atoms with Gasteiger partial charge in [0.1, 0.15) is 22.7 Å². The number of ether oxygens (including phenoxy) is 2. The van der Waals surface area contributed by atoms with E-state index in [-0.39, 0.29) is 46.6 Å². The van der Waals surface area contributed by atoms with Crippen LogP contribution in [0.1, 0.15) is 139 Å². The fourth-order valence-electron chi connectivity index (χ4n) is 5.73. The topological polar surface area (TPSA) is 158 Å². The molecule has 0 radical (unpaired) electrons. The zero-order valence-corrected chi connectivity index (χ0v) is 33.6. The van der Waals surface area contributed by atoms with Gasteiger partial charge in [-0.1, -0.05) is 75.6 Å². The molecule has 0 spiro atoms. The number of amides is 4. The molecule has 0 saturated heterocycles. The lowest BCUT2D eigenvalue weighted by molar-refractivity contribution is 0.0234. The van der Waals surface area contributed by atoms with Crippen molar-refractivity contribution in [3.8, 4) is 11.5 Å². The number of rotatable bonds is 23. The molecule has 0 bridgehead atoms. The quantitative estimate of drug-likeness (QED) is 0.0824. The number of unbranched alkanes of at least 4 members (excludes halogenated alkanes) is 9. The Labute approximate surface area is 323 Å². The number of nitrogens with one attached hydrogen (secondary N) is 2. The van der Waals surface area contributed by atoms with E-state index >= 15 is 0 Å². The van der Waals surface area contributed by atoms with E-state index in [2.05, 4.69) is 10.6 Å². The second-order valence-corrected chi connectivity index (χ2v) is 15.7. The summed E-state index contributed by atoms with van der Waals surface area (Å²) in [5, 5.41) is 25.4. The van der Waals surface area contributed by atoms with E-state index in [1.54, 1.807) is 46.2 Å². The fourth-order valence-corrected chi connectivity index (χ4v) is 5.73. The first-order valence-electron chi connectivity index (χ1n) is 19.7. The van der Waals surface area contributed by atoms with Gasteiger partial charge >= 0.3 is 12.2 Å². The molecule has 54 heavy (non-hydrogen) atoms. The van der Waals surface area contributed by atoms with Crippen molar-refractivity contribution in [2.45, 2.75) is 130 Å². The number of aromatic hydroxyl groups is 2. The summed E-state index contributed by atoms with van der Waals surface area (Å²) in [6.07, 6.45) is 11.0.